The maximum absolute atomic E-state index is 12.9. The number of methoxy groups -OCH3 is 1. The molecule has 0 saturated carbocycles. The molecule has 4 aromatic rings. The van der Waals surface area contributed by atoms with Crippen LogP contribution in [0.15, 0.2) is 67.0 Å². The Hall–Kier alpha value is -3.67. The third-order valence-electron chi connectivity index (χ3n) is 5.67. The van der Waals surface area contributed by atoms with Crippen LogP contribution in [0.25, 0.3) is 16.6 Å². The van der Waals surface area contributed by atoms with Gasteiger partial charge in [0.2, 0.25) is 0 Å². The Morgan fingerprint density at radius 2 is 2.03 bits per heavy atom. The predicted octanol–water partition coefficient (Wildman–Crippen LogP) is 4.24. The zero-order chi connectivity index (χ0) is 20.5. The summed E-state index contributed by atoms with van der Waals surface area (Å²) in [7, 11) is 1.66. The number of ether oxygens (including phenoxy) is 1. The monoisotopic (exact) mass is 398 g/mol. The fraction of sp³-hybridized carbons (Fsp3) is 0.208. The molecule has 1 N–H and O–H groups in total. The molecule has 2 aromatic carbocycles. The van der Waals surface area contributed by atoms with E-state index in [0.29, 0.717) is 5.56 Å². The van der Waals surface area contributed by atoms with Crippen molar-refractivity contribution in [3.63, 3.8) is 0 Å². The summed E-state index contributed by atoms with van der Waals surface area (Å²) in [5.41, 5.74) is 4.76. The van der Waals surface area contributed by atoms with Crippen molar-refractivity contribution in [3.05, 3.63) is 83.8 Å². The minimum Gasteiger partial charge on any atom is -0.497 e. The third-order valence-corrected chi connectivity index (χ3v) is 5.67. The number of benzene rings is 2. The molecule has 0 fully saturated rings. The Labute approximate surface area is 174 Å². The van der Waals surface area contributed by atoms with Crippen LogP contribution in [0.3, 0.4) is 0 Å². The van der Waals surface area contributed by atoms with Gasteiger partial charge in [-0.3, -0.25) is 9.78 Å². The van der Waals surface area contributed by atoms with Crippen LogP contribution in [-0.2, 0) is 6.42 Å². The van der Waals surface area contributed by atoms with Gasteiger partial charge in [0.1, 0.15) is 5.75 Å². The second kappa shape index (κ2) is 7.63. The summed E-state index contributed by atoms with van der Waals surface area (Å²) in [5, 5.41) is 8.78. The summed E-state index contributed by atoms with van der Waals surface area (Å²) in [6, 6.07) is 17.3. The lowest BCUT2D eigenvalue weighted by Gasteiger charge is -2.24. The Morgan fingerprint density at radius 1 is 1.17 bits per heavy atom. The fourth-order valence-electron chi connectivity index (χ4n) is 4.11. The number of fused-ring (bicyclic) bond motifs is 2. The Balaban J connectivity index is 1.40. The van der Waals surface area contributed by atoms with Gasteiger partial charge in [0.05, 0.1) is 30.6 Å². The average molecular weight is 398 g/mol. The van der Waals surface area contributed by atoms with E-state index in [2.05, 4.69) is 15.4 Å². The molecule has 1 amide bonds. The Bertz CT molecular complexity index is 1210. The number of carbonyl (C=O) groups excluding carboxylic acids is 1. The molecule has 0 spiro atoms. The molecule has 2 aromatic heterocycles. The smallest absolute Gasteiger partial charge is 0.251 e. The van der Waals surface area contributed by atoms with Crippen molar-refractivity contribution in [2.45, 2.75) is 25.3 Å². The Kier molecular flexibility index (Phi) is 4.67. The van der Waals surface area contributed by atoms with Gasteiger partial charge in [0.25, 0.3) is 5.91 Å². The van der Waals surface area contributed by atoms with Crippen molar-refractivity contribution in [3.8, 4) is 11.4 Å². The molecule has 0 bridgehead atoms. The normalized spacial score (nSPS) is 15.6. The van der Waals surface area contributed by atoms with Crippen molar-refractivity contribution < 1.29 is 9.53 Å². The zero-order valence-corrected chi connectivity index (χ0v) is 16.7. The van der Waals surface area contributed by atoms with Crippen LogP contribution in [0.5, 0.6) is 5.75 Å². The van der Waals surface area contributed by atoms with Gasteiger partial charge < -0.3 is 10.1 Å². The molecule has 1 atom stereocenters. The first-order chi connectivity index (χ1) is 14.7. The number of carbonyl (C=O) groups is 1. The summed E-state index contributed by atoms with van der Waals surface area (Å²) < 4.78 is 7.21. The van der Waals surface area contributed by atoms with E-state index in [1.807, 2.05) is 65.5 Å². The number of nitrogens with zero attached hydrogens (tertiary/aromatic N) is 3. The van der Waals surface area contributed by atoms with Crippen LogP contribution < -0.4 is 10.1 Å². The van der Waals surface area contributed by atoms with Crippen LogP contribution in [0, 0.1) is 0 Å². The highest BCUT2D eigenvalue weighted by Gasteiger charge is 2.26. The van der Waals surface area contributed by atoms with Gasteiger partial charge in [-0.2, -0.15) is 5.10 Å². The number of nitrogens with one attached hydrogen (secondary N) is 1. The van der Waals surface area contributed by atoms with E-state index in [0.717, 1.165) is 52.9 Å². The van der Waals surface area contributed by atoms with E-state index < -0.39 is 0 Å². The average Bonchev–Trinajstić information content (AvgIpc) is 3.24. The van der Waals surface area contributed by atoms with Gasteiger partial charge in [-0.1, -0.05) is 6.07 Å². The van der Waals surface area contributed by atoms with E-state index in [-0.39, 0.29) is 11.9 Å². The molecule has 30 heavy (non-hydrogen) atoms. The van der Waals surface area contributed by atoms with Crippen LogP contribution >= 0.6 is 0 Å². The topological polar surface area (TPSA) is 69.0 Å². The van der Waals surface area contributed by atoms with Crippen molar-refractivity contribution in [1.82, 2.24) is 20.1 Å². The van der Waals surface area contributed by atoms with Crippen LogP contribution in [0.4, 0.5) is 0 Å². The van der Waals surface area contributed by atoms with Crippen molar-refractivity contribution >= 4 is 16.8 Å². The summed E-state index contributed by atoms with van der Waals surface area (Å²) in [4.78, 5) is 17.3. The van der Waals surface area contributed by atoms with Crippen molar-refractivity contribution in [2.24, 2.45) is 0 Å². The second-order valence-corrected chi connectivity index (χ2v) is 7.49. The number of amides is 1. The van der Waals surface area contributed by atoms with Gasteiger partial charge >= 0.3 is 0 Å². The van der Waals surface area contributed by atoms with E-state index >= 15 is 0 Å². The van der Waals surface area contributed by atoms with Crippen LogP contribution in [0.1, 0.15) is 40.5 Å². The molecule has 2 heterocycles. The van der Waals surface area contributed by atoms with Gasteiger partial charge in [-0.05, 0) is 67.8 Å². The molecule has 150 valence electrons. The van der Waals surface area contributed by atoms with Crippen LogP contribution in [0.2, 0.25) is 0 Å². The van der Waals surface area contributed by atoms with Gasteiger partial charge in [-0.25, -0.2) is 4.68 Å². The second-order valence-electron chi connectivity index (χ2n) is 7.49. The van der Waals surface area contributed by atoms with Crippen LogP contribution in [-0.4, -0.2) is 27.8 Å². The largest absolute Gasteiger partial charge is 0.497 e. The van der Waals surface area contributed by atoms with Crippen molar-refractivity contribution in [2.75, 3.05) is 7.11 Å². The fourth-order valence-corrected chi connectivity index (χ4v) is 4.11. The number of pyridine rings is 1. The molecule has 1 aliphatic carbocycles. The highest BCUT2D eigenvalue weighted by molar-refractivity contribution is 5.98. The number of hydrogen-bond acceptors (Lipinski definition) is 4. The summed E-state index contributed by atoms with van der Waals surface area (Å²) in [6.45, 7) is 0. The molecule has 6 nitrogen and oxygen atoms in total. The third kappa shape index (κ3) is 3.30. The lowest BCUT2D eigenvalue weighted by atomic mass is 9.92. The van der Waals surface area contributed by atoms with E-state index in [1.165, 1.54) is 0 Å². The first kappa shape index (κ1) is 18.4. The maximum Gasteiger partial charge on any atom is 0.251 e. The first-order valence-electron chi connectivity index (χ1n) is 10.1. The quantitative estimate of drug-likeness (QED) is 0.558. The lowest BCUT2D eigenvalue weighted by molar-refractivity contribution is 0.0933. The molecular weight excluding hydrogens is 376 g/mol. The number of aromatic nitrogens is 3. The lowest BCUT2D eigenvalue weighted by Crippen LogP contribution is -2.31. The highest BCUT2D eigenvalue weighted by Crippen LogP contribution is 2.31. The molecule has 5 rings (SSSR count). The molecule has 0 saturated heterocycles. The van der Waals surface area contributed by atoms with Crippen molar-refractivity contribution in [1.29, 1.82) is 0 Å². The predicted molar refractivity (Wildman–Crippen MR) is 115 cm³/mol. The first-order valence-corrected chi connectivity index (χ1v) is 10.1. The highest BCUT2D eigenvalue weighted by atomic mass is 16.5. The maximum atomic E-state index is 12.9. The molecule has 1 unspecified atom stereocenters. The molecule has 0 aliphatic heterocycles. The summed E-state index contributed by atoms with van der Waals surface area (Å²) in [5.74, 6) is 0.742. The van der Waals surface area contributed by atoms with E-state index in [9.17, 15) is 4.79 Å². The number of rotatable bonds is 4. The summed E-state index contributed by atoms with van der Waals surface area (Å²) >= 11 is 0. The molecule has 6 heteroatoms. The standard InChI is InChI=1S/C24H22N4O2/c1-30-19-10-8-18(9-11-19)28-23-6-2-5-22(20(23)15-26-28)27-24(29)17-7-12-21-16(14-17)4-3-13-25-21/h3-4,7-15,22H,2,5-6H2,1H3,(H,27,29). The van der Waals surface area contributed by atoms with E-state index in [1.54, 1.807) is 13.3 Å². The minimum atomic E-state index is -0.0733. The van der Waals surface area contributed by atoms with Gasteiger partial charge in [0, 0.05) is 28.4 Å². The van der Waals surface area contributed by atoms with Gasteiger partial charge in [-0.15, -0.1) is 0 Å². The summed E-state index contributed by atoms with van der Waals surface area (Å²) in [6.07, 6.45) is 6.49. The SMILES string of the molecule is COc1ccc(-n2ncc3c2CCCC3NC(=O)c2ccc3ncccc3c2)cc1. The molecule has 1 aliphatic rings. The Morgan fingerprint density at radius 3 is 2.87 bits per heavy atom. The minimum absolute atomic E-state index is 0.0437. The van der Waals surface area contributed by atoms with E-state index in [4.69, 9.17) is 4.74 Å². The van der Waals surface area contributed by atoms with Gasteiger partial charge in [0.15, 0.2) is 0 Å². The molecular formula is C24H22N4O2. The number of hydrogen-bond donors (Lipinski definition) is 1. The molecule has 0 radical (unpaired) electrons. The zero-order valence-electron chi connectivity index (χ0n) is 16.7.